The van der Waals surface area contributed by atoms with E-state index in [1.54, 1.807) is 0 Å². The highest BCUT2D eigenvalue weighted by Gasteiger charge is 2.39. The Labute approximate surface area is 322 Å². The molecule has 3 atom stereocenters. The molecule has 55 heavy (non-hydrogen) atoms. The number of benzene rings is 1. The number of carbonyl (C=O) groups excluding carboxylic acids is 3. The van der Waals surface area contributed by atoms with E-state index in [4.69, 9.17) is 32.2 Å². The highest BCUT2D eigenvalue weighted by Crippen LogP contribution is 2.33. The maximum atomic E-state index is 14.3. The molecule has 0 heterocycles. The monoisotopic (exact) mass is 778 g/mol. The summed E-state index contributed by atoms with van der Waals surface area (Å²) in [6.45, 7) is 1.03. The lowest BCUT2D eigenvalue weighted by molar-refractivity contribution is -0.192. The molecule has 0 radical (unpaired) electrons. The number of alkyl halides is 3. The SMILES string of the molecule is N=C(N)NCCCC(NC(=O)C(NC(=O)C(Cc1ccc(C(=N)N)cc1)C1CCCCC1)C1CCCCC1)C(=O)NCC1CCCCC1.O=C(O)C(F)(F)F. The third-order valence-corrected chi connectivity index (χ3v) is 11.1. The molecule has 4 rings (SSSR count). The largest absolute Gasteiger partial charge is 0.490 e. The first-order valence-corrected chi connectivity index (χ1v) is 19.9. The van der Waals surface area contributed by atoms with Gasteiger partial charge in [-0.25, -0.2) is 4.79 Å². The number of aliphatic carboxylic acids is 1. The Kier molecular flexibility index (Phi) is 18.7. The second kappa shape index (κ2) is 22.9. The molecule has 3 fully saturated rings. The lowest BCUT2D eigenvalue weighted by Gasteiger charge is -2.35. The third kappa shape index (κ3) is 16.1. The van der Waals surface area contributed by atoms with E-state index in [0.717, 1.165) is 76.2 Å². The number of amidine groups is 1. The predicted octanol–water partition coefficient (Wildman–Crippen LogP) is 4.85. The fourth-order valence-electron chi connectivity index (χ4n) is 8.03. The Morgan fingerprint density at radius 1 is 0.745 bits per heavy atom. The van der Waals surface area contributed by atoms with Crippen LogP contribution in [0.2, 0.25) is 0 Å². The first-order chi connectivity index (χ1) is 26.1. The summed E-state index contributed by atoms with van der Waals surface area (Å²) >= 11 is 0. The van der Waals surface area contributed by atoms with E-state index >= 15 is 0 Å². The van der Waals surface area contributed by atoms with Gasteiger partial charge >= 0.3 is 12.1 Å². The van der Waals surface area contributed by atoms with Gasteiger partial charge in [0.05, 0.1) is 0 Å². The summed E-state index contributed by atoms with van der Waals surface area (Å²) in [5.41, 5.74) is 12.8. The molecule has 3 unspecified atom stereocenters. The minimum absolute atomic E-state index is 0.00915. The van der Waals surface area contributed by atoms with Crippen LogP contribution in [0.1, 0.15) is 120 Å². The fraction of sp³-hybridized carbons (Fsp3) is 0.692. The van der Waals surface area contributed by atoms with Gasteiger partial charge in [0.15, 0.2) is 5.96 Å². The summed E-state index contributed by atoms with van der Waals surface area (Å²) in [6, 6.07) is 6.10. The summed E-state index contributed by atoms with van der Waals surface area (Å²) in [5.74, 6) is -3.02. The molecule has 0 spiro atoms. The number of carboxylic acid groups (broad SMARTS) is 1. The molecule has 0 aromatic heterocycles. The van der Waals surface area contributed by atoms with Crippen molar-refractivity contribution in [1.29, 1.82) is 10.8 Å². The number of nitrogens with two attached hydrogens (primary N) is 2. The maximum absolute atomic E-state index is 14.3. The number of nitrogen functional groups attached to an aromatic ring is 1. The molecule has 13 nitrogen and oxygen atoms in total. The van der Waals surface area contributed by atoms with Gasteiger partial charge in [-0.3, -0.25) is 25.2 Å². The molecule has 11 N–H and O–H groups in total. The molecular weight excluding hydrogens is 717 g/mol. The van der Waals surface area contributed by atoms with Gasteiger partial charge in [-0.2, -0.15) is 13.2 Å². The Hall–Kier alpha value is -4.37. The summed E-state index contributed by atoms with van der Waals surface area (Å²) in [7, 11) is 0. The molecule has 3 saturated carbocycles. The number of hydrogen-bond donors (Lipinski definition) is 9. The van der Waals surface area contributed by atoms with E-state index in [2.05, 4.69) is 21.3 Å². The zero-order valence-corrected chi connectivity index (χ0v) is 31.8. The lowest BCUT2D eigenvalue weighted by atomic mass is 9.76. The predicted molar refractivity (Wildman–Crippen MR) is 204 cm³/mol. The van der Waals surface area contributed by atoms with Crippen molar-refractivity contribution in [2.75, 3.05) is 13.1 Å². The van der Waals surface area contributed by atoms with Gasteiger partial charge in [-0.1, -0.05) is 82.1 Å². The first-order valence-electron chi connectivity index (χ1n) is 19.9. The van der Waals surface area contributed by atoms with Crippen molar-refractivity contribution in [3.63, 3.8) is 0 Å². The van der Waals surface area contributed by atoms with Crippen LogP contribution in [-0.2, 0) is 25.6 Å². The highest BCUT2D eigenvalue weighted by atomic mass is 19.4. The summed E-state index contributed by atoms with van der Waals surface area (Å²) in [5, 5.41) is 34.5. The van der Waals surface area contributed by atoms with Crippen LogP contribution < -0.4 is 32.7 Å². The van der Waals surface area contributed by atoms with Crippen molar-refractivity contribution in [2.24, 2.45) is 35.1 Å². The summed E-state index contributed by atoms with van der Waals surface area (Å²) < 4.78 is 31.7. The van der Waals surface area contributed by atoms with Crippen LogP contribution in [0.3, 0.4) is 0 Å². The minimum atomic E-state index is -5.08. The van der Waals surface area contributed by atoms with Crippen LogP contribution in [0.25, 0.3) is 0 Å². The van der Waals surface area contributed by atoms with Crippen LogP contribution in [0, 0.1) is 34.5 Å². The third-order valence-electron chi connectivity index (χ3n) is 11.1. The zero-order valence-electron chi connectivity index (χ0n) is 31.8. The van der Waals surface area contributed by atoms with Crippen molar-refractivity contribution < 1.29 is 37.5 Å². The quantitative estimate of drug-likeness (QED) is 0.0637. The van der Waals surface area contributed by atoms with E-state index < -0.39 is 24.2 Å². The lowest BCUT2D eigenvalue weighted by Crippen LogP contribution is -2.57. The Balaban J connectivity index is 0.00000106. The van der Waals surface area contributed by atoms with Crippen LogP contribution in [0.4, 0.5) is 13.2 Å². The zero-order chi connectivity index (χ0) is 40.4. The minimum Gasteiger partial charge on any atom is -0.475 e. The molecule has 3 aliphatic carbocycles. The fourth-order valence-corrected chi connectivity index (χ4v) is 8.03. The van der Waals surface area contributed by atoms with E-state index in [1.807, 2.05) is 24.3 Å². The van der Waals surface area contributed by atoms with Crippen molar-refractivity contribution in [1.82, 2.24) is 21.3 Å². The van der Waals surface area contributed by atoms with Crippen molar-refractivity contribution in [3.05, 3.63) is 35.4 Å². The van der Waals surface area contributed by atoms with Crippen LogP contribution in [-0.4, -0.2) is 71.9 Å². The summed E-state index contributed by atoms with van der Waals surface area (Å²) in [6.07, 6.45) is 12.5. The molecule has 0 saturated heterocycles. The molecule has 0 aliphatic heterocycles. The topological polar surface area (TPSA) is 236 Å². The van der Waals surface area contributed by atoms with E-state index in [9.17, 15) is 27.6 Å². The first kappa shape index (κ1) is 45.0. The standard InChI is InChI=1S/C37H60N8O3.C2HF3O2/c38-33(39)29-20-18-25(19-21-29)23-30(27-13-6-2-7-14-27)34(46)45-32(28-15-8-3-9-16-28)36(48)44-31(17-10-22-42-37(40)41)35(47)43-24-26-11-4-1-5-12-26;3-2(4,5)1(6)7/h18-21,26-28,30-32H,1-17,22-24H2,(H3,38,39)(H,43,47)(H,44,48)(H,45,46)(H4,40,41,42);(H,6,7). The number of hydrogen-bond acceptors (Lipinski definition) is 6. The van der Waals surface area contributed by atoms with Gasteiger partial charge in [-0.15, -0.1) is 0 Å². The number of guanidine groups is 1. The Morgan fingerprint density at radius 3 is 1.78 bits per heavy atom. The normalized spacial score (nSPS) is 18.7. The van der Waals surface area contributed by atoms with E-state index in [0.29, 0.717) is 43.8 Å². The second-order valence-electron chi connectivity index (χ2n) is 15.3. The smallest absolute Gasteiger partial charge is 0.475 e. The van der Waals surface area contributed by atoms with E-state index in [-0.39, 0.29) is 47.3 Å². The molecule has 16 heteroatoms. The molecular formula is C39H61F3N8O5. The van der Waals surface area contributed by atoms with Gasteiger partial charge in [0, 0.05) is 24.6 Å². The molecule has 1 aromatic rings. The van der Waals surface area contributed by atoms with Gasteiger partial charge in [0.1, 0.15) is 17.9 Å². The van der Waals surface area contributed by atoms with Gasteiger partial charge in [0.2, 0.25) is 17.7 Å². The van der Waals surface area contributed by atoms with Crippen LogP contribution in [0.5, 0.6) is 0 Å². The van der Waals surface area contributed by atoms with Crippen molar-refractivity contribution >= 4 is 35.5 Å². The number of carbonyl (C=O) groups is 4. The van der Waals surface area contributed by atoms with Gasteiger partial charge < -0.3 is 37.8 Å². The summed E-state index contributed by atoms with van der Waals surface area (Å²) in [4.78, 5) is 50.9. The molecule has 3 amide bonds. The van der Waals surface area contributed by atoms with Crippen molar-refractivity contribution in [3.8, 4) is 0 Å². The molecule has 3 aliphatic rings. The Morgan fingerprint density at radius 2 is 1.27 bits per heavy atom. The van der Waals surface area contributed by atoms with Gasteiger partial charge in [0.25, 0.3) is 0 Å². The van der Waals surface area contributed by atoms with Crippen molar-refractivity contribution in [2.45, 2.75) is 134 Å². The maximum Gasteiger partial charge on any atom is 0.490 e. The van der Waals surface area contributed by atoms with E-state index in [1.165, 1.54) is 25.7 Å². The number of amides is 3. The average molecular weight is 779 g/mol. The second-order valence-corrected chi connectivity index (χ2v) is 15.3. The average Bonchev–Trinajstić information content (AvgIpc) is 3.17. The molecule has 308 valence electrons. The molecule has 0 bridgehead atoms. The van der Waals surface area contributed by atoms with Gasteiger partial charge in [-0.05, 0) is 81.1 Å². The highest BCUT2D eigenvalue weighted by molar-refractivity contribution is 5.95. The number of rotatable bonds is 16. The molecule has 1 aromatic carbocycles. The van der Waals surface area contributed by atoms with Crippen LogP contribution in [0.15, 0.2) is 24.3 Å². The number of carboxylic acids is 1. The van der Waals surface area contributed by atoms with Crippen LogP contribution >= 0.6 is 0 Å². The number of nitrogens with one attached hydrogen (secondary N) is 6. The number of halogens is 3. The Bertz CT molecular complexity index is 1410.